The normalized spacial score (nSPS) is 11.5. The molecular weight excluding hydrogens is 279 g/mol. The van der Waals surface area contributed by atoms with Crippen LogP contribution in [0.5, 0.6) is 0 Å². The molecule has 0 aliphatic heterocycles. The zero-order chi connectivity index (χ0) is 11.2. The Kier molecular flexibility index (Phi) is 1.80. The number of hydrogen-bond donors (Lipinski definition) is 0. The van der Waals surface area contributed by atoms with Crippen LogP contribution in [0.4, 0.5) is 0 Å². The molecule has 4 aromatic rings. The van der Waals surface area contributed by atoms with E-state index in [0.717, 1.165) is 32.8 Å². The monoisotopic (exact) mass is 286 g/mol. The van der Waals surface area contributed by atoms with Crippen LogP contribution in [0.2, 0.25) is 0 Å². The van der Waals surface area contributed by atoms with Crippen molar-refractivity contribution in [1.82, 2.24) is 17.9 Å². The molecule has 0 saturated carbocycles. The Morgan fingerprint density at radius 3 is 1.76 bits per heavy atom. The summed E-state index contributed by atoms with van der Waals surface area (Å²) in [6.07, 6.45) is 3.58. The topological polar surface area (TPSA) is 51.6 Å². The molecule has 0 spiro atoms. The fourth-order valence-corrected chi connectivity index (χ4v) is 3.32. The zero-order valence-electron chi connectivity index (χ0n) is 8.66. The van der Waals surface area contributed by atoms with Gasteiger partial charge in [-0.15, -0.1) is 0 Å². The van der Waals surface area contributed by atoms with Gasteiger partial charge >= 0.3 is 102 Å². The Hall–Kier alpha value is -1.84. The Morgan fingerprint density at radius 1 is 0.706 bits per heavy atom. The van der Waals surface area contributed by atoms with Crippen molar-refractivity contribution < 1.29 is 0 Å². The molecule has 0 fully saturated rings. The van der Waals surface area contributed by atoms with Gasteiger partial charge in [0.25, 0.3) is 0 Å². The quantitative estimate of drug-likeness (QED) is 0.365. The summed E-state index contributed by atoms with van der Waals surface area (Å²) in [6, 6.07) is 7.93. The Balaban J connectivity index is 2.48. The number of fused-ring (bicyclic) bond motifs is 6. The van der Waals surface area contributed by atoms with Crippen LogP contribution >= 0.6 is 0 Å². The number of nitrogens with zero attached hydrogens (tertiary/aromatic N) is 4. The van der Waals surface area contributed by atoms with Crippen LogP contribution in [-0.4, -0.2) is 32.9 Å². The molecule has 5 heteroatoms. The van der Waals surface area contributed by atoms with Gasteiger partial charge in [0.15, 0.2) is 0 Å². The van der Waals surface area contributed by atoms with E-state index in [0.29, 0.717) is 0 Å². The van der Waals surface area contributed by atoms with E-state index in [2.05, 4.69) is 17.9 Å². The van der Waals surface area contributed by atoms with Gasteiger partial charge in [0.1, 0.15) is 0 Å². The third-order valence-electron chi connectivity index (χ3n) is 2.84. The summed E-state index contributed by atoms with van der Waals surface area (Å²) >= 11 is -0.0325. The first-order chi connectivity index (χ1) is 8.45. The SMILES string of the molecule is c1cnc2c(c1)c1n[se]nc1c1cccnc12. The molecular formula is C12H6N4Se. The predicted molar refractivity (Wildman–Crippen MR) is 67.1 cm³/mol. The Bertz CT molecular complexity index is 783. The van der Waals surface area contributed by atoms with Crippen molar-refractivity contribution in [2.45, 2.75) is 0 Å². The molecule has 0 aliphatic carbocycles. The average Bonchev–Trinajstić information content (AvgIpc) is 2.89. The van der Waals surface area contributed by atoms with E-state index in [1.54, 1.807) is 12.4 Å². The maximum atomic E-state index is 4.51. The van der Waals surface area contributed by atoms with E-state index < -0.39 is 0 Å². The van der Waals surface area contributed by atoms with E-state index in [9.17, 15) is 0 Å². The third kappa shape index (κ3) is 1.18. The molecule has 0 N–H and O–H groups in total. The molecule has 0 aliphatic rings. The molecule has 0 atom stereocenters. The molecule has 3 aromatic heterocycles. The first-order valence-electron chi connectivity index (χ1n) is 5.19. The third-order valence-corrected chi connectivity index (χ3v) is 3.95. The molecule has 1 aromatic carbocycles. The number of hydrogen-bond acceptors (Lipinski definition) is 4. The van der Waals surface area contributed by atoms with Crippen LogP contribution in [-0.2, 0) is 0 Å². The van der Waals surface area contributed by atoms with Gasteiger partial charge in [-0.05, 0) is 0 Å². The van der Waals surface area contributed by atoms with Crippen LogP contribution in [0, 0.1) is 0 Å². The number of aromatic nitrogens is 4. The summed E-state index contributed by atoms with van der Waals surface area (Å²) in [5, 5.41) is 2.11. The van der Waals surface area contributed by atoms with Crippen molar-refractivity contribution in [3.63, 3.8) is 0 Å². The van der Waals surface area contributed by atoms with Gasteiger partial charge in [0.05, 0.1) is 0 Å². The first-order valence-corrected chi connectivity index (χ1v) is 6.72. The van der Waals surface area contributed by atoms with Crippen LogP contribution in [0.25, 0.3) is 32.8 Å². The summed E-state index contributed by atoms with van der Waals surface area (Å²) < 4.78 is 9.01. The Labute approximate surface area is 103 Å². The van der Waals surface area contributed by atoms with Crippen molar-refractivity contribution in [1.29, 1.82) is 0 Å². The van der Waals surface area contributed by atoms with Crippen LogP contribution in [0.1, 0.15) is 0 Å². The van der Waals surface area contributed by atoms with Crippen molar-refractivity contribution in [3.8, 4) is 0 Å². The average molecular weight is 285 g/mol. The van der Waals surface area contributed by atoms with E-state index in [4.69, 9.17) is 0 Å². The second-order valence-corrected chi connectivity index (χ2v) is 4.87. The van der Waals surface area contributed by atoms with Crippen LogP contribution < -0.4 is 0 Å². The second-order valence-electron chi connectivity index (χ2n) is 3.76. The molecule has 17 heavy (non-hydrogen) atoms. The summed E-state index contributed by atoms with van der Waals surface area (Å²) in [7, 11) is 0. The van der Waals surface area contributed by atoms with Gasteiger partial charge in [-0.2, -0.15) is 0 Å². The summed E-state index contributed by atoms with van der Waals surface area (Å²) in [5.74, 6) is 0. The van der Waals surface area contributed by atoms with E-state index in [1.807, 2.05) is 24.3 Å². The number of pyridine rings is 2. The van der Waals surface area contributed by atoms with Crippen LogP contribution in [0.3, 0.4) is 0 Å². The zero-order valence-corrected chi connectivity index (χ0v) is 10.4. The van der Waals surface area contributed by atoms with Gasteiger partial charge in [-0.25, -0.2) is 0 Å². The van der Waals surface area contributed by atoms with Crippen molar-refractivity contribution in [2.75, 3.05) is 0 Å². The van der Waals surface area contributed by atoms with Gasteiger partial charge < -0.3 is 0 Å². The van der Waals surface area contributed by atoms with E-state index in [1.165, 1.54) is 0 Å². The van der Waals surface area contributed by atoms with Gasteiger partial charge in [0, 0.05) is 0 Å². The molecule has 0 radical (unpaired) electrons. The molecule has 4 rings (SSSR count). The standard InChI is InChI=1S/C12H6N4Se/c1-3-7-9(13-5-1)10-8(4-2-6-14-10)12-11(7)15-17-16-12/h1-6H. The van der Waals surface area contributed by atoms with E-state index in [-0.39, 0.29) is 15.0 Å². The minimum absolute atomic E-state index is 0.0325. The van der Waals surface area contributed by atoms with Gasteiger partial charge in [-0.3, -0.25) is 0 Å². The van der Waals surface area contributed by atoms with E-state index >= 15 is 0 Å². The molecule has 0 unspecified atom stereocenters. The van der Waals surface area contributed by atoms with Crippen molar-refractivity contribution in [3.05, 3.63) is 36.7 Å². The molecule has 0 amide bonds. The fraction of sp³-hybridized carbons (Fsp3) is 0. The predicted octanol–water partition coefficient (Wildman–Crippen LogP) is 1.78. The summed E-state index contributed by atoms with van der Waals surface area (Å²) in [5.41, 5.74) is 3.79. The molecule has 0 bridgehead atoms. The molecule has 80 valence electrons. The molecule has 3 heterocycles. The molecule has 4 nitrogen and oxygen atoms in total. The fourth-order valence-electron chi connectivity index (χ4n) is 2.11. The van der Waals surface area contributed by atoms with Crippen molar-refractivity contribution in [2.24, 2.45) is 0 Å². The number of rotatable bonds is 0. The minimum atomic E-state index is -0.0325. The second kappa shape index (κ2) is 3.32. The van der Waals surface area contributed by atoms with Gasteiger partial charge in [-0.1, -0.05) is 0 Å². The van der Waals surface area contributed by atoms with Crippen LogP contribution in [0.15, 0.2) is 36.7 Å². The summed E-state index contributed by atoms with van der Waals surface area (Å²) in [4.78, 5) is 8.86. The van der Waals surface area contributed by atoms with Crippen molar-refractivity contribution >= 4 is 47.8 Å². The summed E-state index contributed by atoms with van der Waals surface area (Å²) in [6.45, 7) is 0. The molecule has 0 saturated heterocycles. The Morgan fingerprint density at radius 2 is 1.24 bits per heavy atom. The van der Waals surface area contributed by atoms with Gasteiger partial charge in [0.2, 0.25) is 0 Å². The maximum absolute atomic E-state index is 4.51. The first kappa shape index (κ1) is 9.22. The number of benzene rings is 1.